The second-order valence-electron chi connectivity index (χ2n) is 8.28. The summed E-state index contributed by atoms with van der Waals surface area (Å²) < 4.78 is 69.0. The number of nitrogens with zero attached hydrogens (tertiary/aromatic N) is 2. The molecule has 0 aromatic heterocycles. The average molecular weight is 551 g/mol. The van der Waals surface area contributed by atoms with Crippen LogP contribution in [0.25, 0.3) is 16.8 Å². The van der Waals surface area contributed by atoms with E-state index < -0.39 is 35.9 Å². The smallest absolute Gasteiger partial charge is 0.297 e. The van der Waals surface area contributed by atoms with Gasteiger partial charge in [-0.2, -0.15) is 16.8 Å². The van der Waals surface area contributed by atoms with Gasteiger partial charge >= 0.3 is 0 Å². The Labute approximate surface area is 217 Å². The number of hydrogen-bond acceptors (Lipinski definition) is 7. The summed E-state index contributed by atoms with van der Waals surface area (Å²) in [6.45, 7) is 0. The molecule has 4 aromatic rings. The lowest BCUT2D eigenvalue weighted by atomic mass is 10.1. The Kier molecular flexibility index (Phi) is 6.12. The summed E-state index contributed by atoms with van der Waals surface area (Å²) in [5.74, 6) is -0.624. The van der Waals surface area contributed by atoms with Crippen LogP contribution in [-0.2, 0) is 25.0 Å². The summed E-state index contributed by atoms with van der Waals surface area (Å²) in [6.07, 6.45) is 1.45. The van der Waals surface area contributed by atoms with Crippen LogP contribution in [-0.4, -0.2) is 42.8 Å². The Balaban J connectivity index is 1.79. The van der Waals surface area contributed by atoms with E-state index in [1.807, 2.05) is 0 Å². The molecule has 0 atom stereocenters. The normalized spacial score (nSPS) is 15.3. The largest absolute Gasteiger partial charge is 0.508 e. The van der Waals surface area contributed by atoms with Crippen LogP contribution in [0.2, 0.25) is 0 Å². The first-order valence-electron chi connectivity index (χ1n) is 10.9. The Hall–Kier alpha value is -4.36. The molecule has 5 rings (SSSR count). The van der Waals surface area contributed by atoms with Gasteiger partial charge in [-0.1, -0.05) is 60.7 Å². The molecule has 10 nitrogen and oxygen atoms in total. The number of phenolic OH excluding ortho intramolecular Hbond substituents is 1. The minimum Gasteiger partial charge on any atom is -0.508 e. The van der Waals surface area contributed by atoms with Crippen molar-refractivity contribution < 1.29 is 35.8 Å². The van der Waals surface area contributed by atoms with Crippen LogP contribution in [0.15, 0.2) is 105 Å². The van der Waals surface area contributed by atoms with Crippen molar-refractivity contribution in [3.05, 3.63) is 102 Å². The lowest BCUT2D eigenvalue weighted by Crippen LogP contribution is -2.34. The van der Waals surface area contributed by atoms with Crippen LogP contribution in [0, 0.1) is 0 Å². The fraction of sp³-hybridized carbons (Fsp3) is 0. The maximum Gasteiger partial charge on any atom is 0.297 e. The van der Waals surface area contributed by atoms with E-state index in [9.17, 15) is 35.8 Å². The Morgan fingerprint density at radius 1 is 0.737 bits per heavy atom. The zero-order valence-electron chi connectivity index (χ0n) is 19.3. The van der Waals surface area contributed by atoms with Crippen molar-refractivity contribution in [3.63, 3.8) is 0 Å². The number of carbonyl (C=O) groups is 1. The highest BCUT2D eigenvalue weighted by atomic mass is 32.2. The highest BCUT2D eigenvalue weighted by Crippen LogP contribution is 2.38. The first kappa shape index (κ1) is 25.3. The fourth-order valence-electron chi connectivity index (χ4n) is 4.21. The van der Waals surface area contributed by atoms with Gasteiger partial charge in [0.25, 0.3) is 26.1 Å². The number of anilines is 1. The predicted molar refractivity (Wildman–Crippen MR) is 140 cm³/mol. The summed E-state index contributed by atoms with van der Waals surface area (Å²) in [4.78, 5) is 17.9. The fourth-order valence-corrected chi connectivity index (χ4v) is 5.80. The zero-order valence-corrected chi connectivity index (χ0v) is 20.9. The van der Waals surface area contributed by atoms with Crippen molar-refractivity contribution in [2.24, 2.45) is 4.99 Å². The number of hydrogen-bond donors (Lipinski definition) is 3. The third-order valence-electron chi connectivity index (χ3n) is 5.82. The van der Waals surface area contributed by atoms with E-state index in [0.29, 0.717) is 11.1 Å². The molecule has 1 aliphatic rings. The molecule has 0 fully saturated rings. The number of aromatic hydroxyl groups is 1. The second-order valence-corrected chi connectivity index (χ2v) is 11.0. The number of rotatable bonds is 5. The van der Waals surface area contributed by atoms with Crippen molar-refractivity contribution in [1.29, 1.82) is 0 Å². The van der Waals surface area contributed by atoms with Gasteiger partial charge in [0.1, 0.15) is 27.1 Å². The lowest BCUT2D eigenvalue weighted by molar-refractivity contribution is -0.113. The van der Waals surface area contributed by atoms with Crippen LogP contribution in [0.5, 0.6) is 5.75 Å². The lowest BCUT2D eigenvalue weighted by Gasteiger charge is -2.22. The molecule has 0 unspecified atom stereocenters. The molecular weight excluding hydrogens is 532 g/mol. The zero-order chi connectivity index (χ0) is 27.2. The number of aliphatic imine (C=N–C) groups is 1. The minimum absolute atomic E-state index is 0.0261. The summed E-state index contributed by atoms with van der Waals surface area (Å²) in [6, 6.07) is 20.4. The molecule has 12 heteroatoms. The summed E-state index contributed by atoms with van der Waals surface area (Å²) in [5.41, 5.74) is 0.676. The van der Waals surface area contributed by atoms with Gasteiger partial charge in [0, 0.05) is 16.3 Å². The Morgan fingerprint density at radius 2 is 1.42 bits per heavy atom. The van der Waals surface area contributed by atoms with Crippen molar-refractivity contribution in [2.75, 3.05) is 4.90 Å². The van der Waals surface area contributed by atoms with E-state index in [-0.39, 0.29) is 33.7 Å². The number of carbonyl (C=O) groups excluding carboxylic acids is 1. The molecule has 0 spiro atoms. The quantitative estimate of drug-likeness (QED) is 0.249. The van der Waals surface area contributed by atoms with E-state index in [1.54, 1.807) is 42.5 Å². The van der Waals surface area contributed by atoms with Gasteiger partial charge in [-0.05, 0) is 35.9 Å². The van der Waals surface area contributed by atoms with E-state index in [4.69, 9.17) is 0 Å². The topological polar surface area (TPSA) is 162 Å². The highest BCUT2D eigenvalue weighted by molar-refractivity contribution is 7.86. The van der Waals surface area contributed by atoms with Gasteiger partial charge in [0.2, 0.25) is 0 Å². The maximum atomic E-state index is 13.7. The van der Waals surface area contributed by atoms with Gasteiger partial charge in [-0.25, -0.2) is 4.99 Å². The summed E-state index contributed by atoms with van der Waals surface area (Å²) >= 11 is 0. The van der Waals surface area contributed by atoms with Crippen LogP contribution >= 0.6 is 0 Å². The molecule has 4 aromatic carbocycles. The third-order valence-corrected chi connectivity index (χ3v) is 7.67. The predicted octanol–water partition coefficient (Wildman–Crippen LogP) is 3.87. The van der Waals surface area contributed by atoms with Gasteiger partial charge < -0.3 is 5.11 Å². The number of amidine groups is 1. The molecule has 0 aliphatic carbocycles. The van der Waals surface area contributed by atoms with E-state index in [1.165, 1.54) is 42.5 Å². The molecule has 0 bridgehead atoms. The van der Waals surface area contributed by atoms with Gasteiger partial charge in [0.15, 0.2) is 0 Å². The molecule has 3 N–H and O–H groups in total. The average Bonchev–Trinajstić information content (AvgIpc) is 3.19. The van der Waals surface area contributed by atoms with Crippen LogP contribution in [0.3, 0.4) is 0 Å². The molecule has 1 amide bonds. The van der Waals surface area contributed by atoms with Crippen molar-refractivity contribution in [2.45, 2.75) is 9.79 Å². The number of fused-ring (bicyclic) bond motifs is 1. The van der Waals surface area contributed by atoms with Gasteiger partial charge in [-0.3, -0.25) is 18.8 Å². The molecule has 38 heavy (non-hydrogen) atoms. The number of phenols is 1. The highest BCUT2D eigenvalue weighted by Gasteiger charge is 2.37. The second kappa shape index (κ2) is 9.19. The van der Waals surface area contributed by atoms with Crippen molar-refractivity contribution in [1.82, 2.24) is 0 Å². The van der Waals surface area contributed by atoms with Crippen molar-refractivity contribution in [3.8, 4) is 5.75 Å². The van der Waals surface area contributed by atoms with Crippen LogP contribution < -0.4 is 4.90 Å². The standard InChI is InChI=1S/C26H18N2O8S2/c29-18-11-9-16(10-12-18)15-21-26(30)28(25(27-21)17-5-2-1-3-6-17)22-14-13-19-20(24(22)38(34,35)36)7-4-8-23(19)37(31,32)33/h1-15,29H,(H,31,32,33)(H,34,35,36)/b21-15-. The number of amides is 1. The van der Waals surface area contributed by atoms with Gasteiger partial charge in [0.05, 0.1) is 5.69 Å². The van der Waals surface area contributed by atoms with E-state index in [2.05, 4.69) is 4.99 Å². The van der Waals surface area contributed by atoms with Crippen molar-refractivity contribution >= 4 is 54.5 Å². The summed E-state index contributed by atoms with van der Waals surface area (Å²) in [5, 5.41) is 9.16. The summed E-state index contributed by atoms with van der Waals surface area (Å²) in [7, 11) is -9.78. The molecule has 0 saturated heterocycles. The first-order chi connectivity index (χ1) is 17.9. The SMILES string of the molecule is O=C1/C(=C/c2ccc(O)cc2)N=C(c2ccccc2)N1c1ccc2c(S(=O)(=O)O)cccc2c1S(=O)(=O)O. The first-order valence-corrected chi connectivity index (χ1v) is 13.8. The monoisotopic (exact) mass is 550 g/mol. The Bertz CT molecular complexity index is 1880. The molecule has 0 radical (unpaired) electrons. The van der Waals surface area contributed by atoms with E-state index in [0.717, 1.165) is 11.0 Å². The maximum absolute atomic E-state index is 13.7. The van der Waals surface area contributed by atoms with Gasteiger partial charge in [-0.15, -0.1) is 0 Å². The van der Waals surface area contributed by atoms with E-state index >= 15 is 0 Å². The minimum atomic E-state index is -5.04. The number of benzene rings is 4. The molecule has 1 heterocycles. The molecular formula is C26H18N2O8S2. The Morgan fingerprint density at radius 3 is 2.05 bits per heavy atom. The molecule has 1 aliphatic heterocycles. The van der Waals surface area contributed by atoms with Crippen LogP contribution in [0.4, 0.5) is 5.69 Å². The third kappa shape index (κ3) is 4.57. The van der Waals surface area contributed by atoms with Crippen LogP contribution in [0.1, 0.15) is 11.1 Å². The molecule has 192 valence electrons. The molecule has 0 saturated carbocycles.